The second-order valence-corrected chi connectivity index (χ2v) is 3.48. The predicted octanol–water partition coefficient (Wildman–Crippen LogP) is 1.91. The van der Waals surface area contributed by atoms with Crippen molar-refractivity contribution >= 4 is 5.97 Å². The van der Waals surface area contributed by atoms with E-state index in [4.69, 9.17) is 5.11 Å². The van der Waals surface area contributed by atoms with Crippen LogP contribution in [-0.2, 0) is 11.2 Å². The second kappa shape index (κ2) is 4.69. The molecule has 0 fully saturated rings. The molecular weight excluding hydrogens is 223 g/mol. The van der Waals surface area contributed by atoms with Crippen LogP contribution < -0.4 is 0 Å². The van der Waals surface area contributed by atoms with Gasteiger partial charge in [0.05, 0.1) is 17.8 Å². The van der Waals surface area contributed by atoms with Crippen LogP contribution in [0.2, 0.25) is 0 Å². The van der Waals surface area contributed by atoms with Crippen LogP contribution in [-0.4, -0.2) is 21.0 Å². The van der Waals surface area contributed by atoms with E-state index >= 15 is 0 Å². The zero-order valence-electron chi connectivity index (χ0n) is 8.80. The van der Waals surface area contributed by atoms with Crippen molar-refractivity contribution in [2.24, 2.45) is 0 Å². The number of carboxylic acids is 1. The largest absolute Gasteiger partial charge is 0.481 e. The van der Waals surface area contributed by atoms with E-state index in [0.29, 0.717) is 17.0 Å². The van der Waals surface area contributed by atoms with Crippen LogP contribution >= 0.6 is 0 Å². The molecule has 0 spiro atoms. The molecule has 0 aliphatic heterocycles. The van der Waals surface area contributed by atoms with E-state index in [1.807, 2.05) is 0 Å². The molecule has 0 atom stereocenters. The standard InChI is InChI=1S/C12H9FN2O2/c13-9-3-1-2-8(4-9)11-5-10(6-12(16)17)14-7-15-11/h1-5,7H,6H2,(H,16,17). The average Bonchev–Trinajstić information content (AvgIpc) is 2.28. The molecule has 0 radical (unpaired) electrons. The summed E-state index contributed by atoms with van der Waals surface area (Å²) < 4.78 is 13.0. The lowest BCUT2D eigenvalue weighted by Crippen LogP contribution is -2.03. The first-order valence-electron chi connectivity index (χ1n) is 4.94. The number of aliphatic carboxylic acids is 1. The average molecular weight is 232 g/mol. The highest BCUT2D eigenvalue weighted by molar-refractivity contribution is 5.70. The van der Waals surface area contributed by atoms with Crippen molar-refractivity contribution in [3.8, 4) is 11.3 Å². The Kier molecular flexibility index (Phi) is 3.09. The summed E-state index contributed by atoms with van der Waals surface area (Å²) in [6.45, 7) is 0. The molecule has 0 unspecified atom stereocenters. The number of rotatable bonds is 3. The highest BCUT2D eigenvalue weighted by Gasteiger charge is 2.06. The number of aromatic nitrogens is 2. The number of carbonyl (C=O) groups is 1. The van der Waals surface area contributed by atoms with Gasteiger partial charge in [-0.05, 0) is 18.2 Å². The van der Waals surface area contributed by atoms with E-state index < -0.39 is 5.97 Å². The number of carboxylic acid groups (broad SMARTS) is 1. The summed E-state index contributed by atoms with van der Waals surface area (Å²) in [5.41, 5.74) is 1.50. The molecular formula is C12H9FN2O2. The molecule has 2 aromatic rings. The first-order chi connectivity index (χ1) is 8.15. The van der Waals surface area contributed by atoms with Crippen LogP contribution in [0.5, 0.6) is 0 Å². The molecule has 1 aromatic carbocycles. The third kappa shape index (κ3) is 2.84. The van der Waals surface area contributed by atoms with E-state index in [-0.39, 0.29) is 12.2 Å². The molecule has 0 aliphatic rings. The van der Waals surface area contributed by atoms with Gasteiger partial charge < -0.3 is 5.11 Å². The quantitative estimate of drug-likeness (QED) is 0.877. The molecule has 0 saturated heterocycles. The molecule has 2 rings (SSSR count). The molecule has 1 N–H and O–H groups in total. The Morgan fingerprint density at radius 1 is 1.29 bits per heavy atom. The first-order valence-corrected chi connectivity index (χ1v) is 4.94. The third-order valence-corrected chi connectivity index (χ3v) is 2.18. The minimum absolute atomic E-state index is 0.176. The Morgan fingerprint density at radius 3 is 2.82 bits per heavy atom. The Morgan fingerprint density at radius 2 is 2.12 bits per heavy atom. The van der Waals surface area contributed by atoms with Gasteiger partial charge in [-0.15, -0.1) is 0 Å². The summed E-state index contributed by atoms with van der Waals surface area (Å²) in [7, 11) is 0. The minimum atomic E-state index is -0.964. The maximum absolute atomic E-state index is 13.0. The normalized spacial score (nSPS) is 10.2. The summed E-state index contributed by atoms with van der Waals surface area (Å²) in [6.07, 6.45) is 1.10. The summed E-state index contributed by atoms with van der Waals surface area (Å²) >= 11 is 0. The van der Waals surface area contributed by atoms with Gasteiger partial charge in [0, 0.05) is 5.56 Å². The van der Waals surface area contributed by atoms with Gasteiger partial charge in [-0.2, -0.15) is 0 Å². The van der Waals surface area contributed by atoms with Gasteiger partial charge in [0.1, 0.15) is 12.1 Å². The monoisotopic (exact) mass is 232 g/mol. The molecule has 5 heteroatoms. The molecule has 0 saturated carbocycles. The fourth-order valence-electron chi connectivity index (χ4n) is 1.45. The van der Waals surface area contributed by atoms with Gasteiger partial charge in [0.15, 0.2) is 0 Å². The first kappa shape index (κ1) is 11.2. The van der Waals surface area contributed by atoms with Gasteiger partial charge in [-0.25, -0.2) is 14.4 Å². The van der Waals surface area contributed by atoms with Crippen molar-refractivity contribution in [1.29, 1.82) is 0 Å². The Balaban J connectivity index is 2.36. The Bertz CT molecular complexity index is 558. The summed E-state index contributed by atoms with van der Waals surface area (Å²) in [5.74, 6) is -1.32. The van der Waals surface area contributed by atoms with E-state index in [1.54, 1.807) is 18.2 Å². The second-order valence-electron chi connectivity index (χ2n) is 3.48. The van der Waals surface area contributed by atoms with E-state index in [0.717, 1.165) is 0 Å². The molecule has 17 heavy (non-hydrogen) atoms. The number of halogens is 1. The smallest absolute Gasteiger partial charge is 0.309 e. The van der Waals surface area contributed by atoms with Crippen molar-refractivity contribution in [2.75, 3.05) is 0 Å². The zero-order chi connectivity index (χ0) is 12.3. The van der Waals surface area contributed by atoms with Gasteiger partial charge in [0.2, 0.25) is 0 Å². The van der Waals surface area contributed by atoms with Crippen LogP contribution in [0.15, 0.2) is 36.7 Å². The van der Waals surface area contributed by atoms with Gasteiger partial charge in [0.25, 0.3) is 0 Å². The predicted molar refractivity (Wildman–Crippen MR) is 58.8 cm³/mol. The number of nitrogens with zero attached hydrogens (tertiary/aromatic N) is 2. The molecule has 0 amide bonds. The Hall–Kier alpha value is -2.30. The topological polar surface area (TPSA) is 63.1 Å². The summed E-state index contributed by atoms with van der Waals surface area (Å²) in [6, 6.07) is 7.50. The third-order valence-electron chi connectivity index (χ3n) is 2.18. The fraction of sp³-hybridized carbons (Fsp3) is 0.0833. The lowest BCUT2D eigenvalue weighted by Gasteiger charge is -2.02. The number of benzene rings is 1. The van der Waals surface area contributed by atoms with E-state index in [1.165, 1.54) is 18.5 Å². The van der Waals surface area contributed by atoms with Crippen molar-refractivity contribution in [3.63, 3.8) is 0 Å². The lowest BCUT2D eigenvalue weighted by molar-refractivity contribution is -0.136. The van der Waals surface area contributed by atoms with Crippen LogP contribution in [0.4, 0.5) is 4.39 Å². The zero-order valence-corrected chi connectivity index (χ0v) is 8.80. The fourth-order valence-corrected chi connectivity index (χ4v) is 1.45. The number of hydrogen-bond acceptors (Lipinski definition) is 3. The molecule has 1 aromatic heterocycles. The molecule has 0 aliphatic carbocycles. The maximum Gasteiger partial charge on any atom is 0.309 e. The van der Waals surface area contributed by atoms with Gasteiger partial charge in [-0.1, -0.05) is 12.1 Å². The van der Waals surface area contributed by atoms with E-state index in [2.05, 4.69) is 9.97 Å². The molecule has 86 valence electrons. The van der Waals surface area contributed by atoms with Crippen LogP contribution in [0.3, 0.4) is 0 Å². The molecule has 4 nitrogen and oxygen atoms in total. The Labute approximate surface area is 96.8 Å². The molecule has 1 heterocycles. The van der Waals surface area contributed by atoms with Gasteiger partial charge in [-0.3, -0.25) is 4.79 Å². The highest BCUT2D eigenvalue weighted by Crippen LogP contribution is 2.17. The SMILES string of the molecule is O=C(O)Cc1cc(-c2cccc(F)c2)ncn1. The summed E-state index contributed by atoms with van der Waals surface area (Å²) in [4.78, 5) is 18.4. The van der Waals surface area contributed by atoms with Crippen molar-refractivity contribution in [3.05, 3.63) is 48.2 Å². The number of hydrogen-bond donors (Lipinski definition) is 1. The van der Waals surface area contributed by atoms with Crippen LogP contribution in [0, 0.1) is 5.82 Å². The minimum Gasteiger partial charge on any atom is -0.481 e. The van der Waals surface area contributed by atoms with Crippen molar-refractivity contribution < 1.29 is 14.3 Å². The van der Waals surface area contributed by atoms with Crippen molar-refractivity contribution in [2.45, 2.75) is 6.42 Å². The molecule has 0 bridgehead atoms. The summed E-state index contributed by atoms with van der Waals surface area (Å²) in [5, 5.41) is 8.65. The van der Waals surface area contributed by atoms with Gasteiger partial charge >= 0.3 is 5.97 Å². The van der Waals surface area contributed by atoms with Crippen molar-refractivity contribution in [1.82, 2.24) is 9.97 Å². The van der Waals surface area contributed by atoms with Crippen LogP contribution in [0.1, 0.15) is 5.69 Å². The van der Waals surface area contributed by atoms with E-state index in [9.17, 15) is 9.18 Å². The maximum atomic E-state index is 13.0. The lowest BCUT2D eigenvalue weighted by atomic mass is 10.1. The van der Waals surface area contributed by atoms with Crippen LogP contribution in [0.25, 0.3) is 11.3 Å². The highest BCUT2D eigenvalue weighted by atomic mass is 19.1.